The van der Waals surface area contributed by atoms with Gasteiger partial charge in [0, 0.05) is 54.3 Å². The molecule has 1 fully saturated rings. The van der Waals surface area contributed by atoms with E-state index in [0.717, 1.165) is 48.6 Å². The van der Waals surface area contributed by atoms with Crippen molar-refractivity contribution in [2.24, 2.45) is 7.05 Å². The van der Waals surface area contributed by atoms with E-state index < -0.39 is 4.92 Å². The predicted molar refractivity (Wildman–Crippen MR) is 116 cm³/mol. The number of anilines is 1. The number of rotatable bonds is 5. The van der Waals surface area contributed by atoms with Gasteiger partial charge in [0.25, 0.3) is 5.69 Å². The van der Waals surface area contributed by atoms with Gasteiger partial charge in [-0.2, -0.15) is 5.10 Å². The molecule has 1 unspecified atom stereocenters. The molecule has 1 aromatic carbocycles. The van der Waals surface area contributed by atoms with Gasteiger partial charge in [-0.15, -0.1) is 0 Å². The second-order valence-electron chi connectivity index (χ2n) is 7.76. The third kappa shape index (κ3) is 3.53. The number of aryl methyl sites for hydroxylation is 3. The second kappa shape index (κ2) is 7.85. The molecule has 8 heteroatoms. The van der Waals surface area contributed by atoms with Crippen molar-refractivity contribution in [1.29, 1.82) is 0 Å². The van der Waals surface area contributed by atoms with Gasteiger partial charge in [0.05, 0.1) is 16.7 Å². The fourth-order valence-electron chi connectivity index (χ4n) is 4.29. The Morgan fingerprint density at radius 1 is 1.20 bits per heavy atom. The van der Waals surface area contributed by atoms with Gasteiger partial charge < -0.3 is 4.90 Å². The van der Waals surface area contributed by atoms with Crippen molar-refractivity contribution >= 4 is 11.5 Å². The van der Waals surface area contributed by atoms with Crippen LogP contribution in [0.25, 0.3) is 11.4 Å². The average molecular weight is 406 g/mol. The summed E-state index contributed by atoms with van der Waals surface area (Å²) in [5.74, 6) is 1.50. The van der Waals surface area contributed by atoms with Gasteiger partial charge in [-0.3, -0.25) is 14.8 Å². The number of aromatic nitrogens is 4. The first kappa shape index (κ1) is 20.0. The lowest BCUT2D eigenvalue weighted by Gasteiger charge is -2.27. The van der Waals surface area contributed by atoms with Gasteiger partial charge in [0.1, 0.15) is 5.82 Å². The molecule has 30 heavy (non-hydrogen) atoms. The number of benzene rings is 1. The average Bonchev–Trinajstić information content (AvgIpc) is 3.31. The number of nitro groups is 1. The van der Waals surface area contributed by atoms with Crippen LogP contribution in [0.1, 0.15) is 48.5 Å². The van der Waals surface area contributed by atoms with Gasteiger partial charge in [-0.05, 0) is 45.2 Å². The molecular weight excluding hydrogens is 380 g/mol. The Morgan fingerprint density at radius 3 is 2.53 bits per heavy atom. The Balaban J connectivity index is 1.75. The van der Waals surface area contributed by atoms with Gasteiger partial charge in [0.2, 0.25) is 0 Å². The summed E-state index contributed by atoms with van der Waals surface area (Å²) in [4.78, 5) is 22.5. The van der Waals surface area contributed by atoms with Crippen LogP contribution in [-0.4, -0.2) is 31.2 Å². The van der Waals surface area contributed by atoms with Crippen LogP contribution in [0.15, 0.2) is 30.3 Å². The van der Waals surface area contributed by atoms with E-state index in [4.69, 9.17) is 4.98 Å². The van der Waals surface area contributed by atoms with Crippen LogP contribution in [0.3, 0.4) is 0 Å². The van der Waals surface area contributed by atoms with Crippen molar-refractivity contribution in [3.8, 4) is 11.4 Å². The summed E-state index contributed by atoms with van der Waals surface area (Å²) in [5.41, 5.74) is 5.33. The van der Waals surface area contributed by atoms with Crippen molar-refractivity contribution < 1.29 is 4.92 Å². The molecule has 1 aliphatic rings. The maximum atomic E-state index is 11.0. The Morgan fingerprint density at radius 2 is 1.93 bits per heavy atom. The molecule has 0 N–H and O–H groups in total. The van der Waals surface area contributed by atoms with Crippen molar-refractivity contribution in [1.82, 2.24) is 19.7 Å². The molecule has 8 nitrogen and oxygen atoms in total. The Bertz CT molecular complexity index is 1090. The molecule has 1 aliphatic heterocycles. The maximum Gasteiger partial charge on any atom is 0.269 e. The fraction of sp³-hybridized carbons (Fsp3) is 0.409. The number of non-ortho nitro benzene ring substituents is 1. The van der Waals surface area contributed by atoms with E-state index >= 15 is 0 Å². The third-order valence-corrected chi connectivity index (χ3v) is 5.91. The third-order valence-electron chi connectivity index (χ3n) is 5.91. The molecule has 3 heterocycles. The second-order valence-corrected chi connectivity index (χ2v) is 7.76. The Kier molecular flexibility index (Phi) is 5.24. The monoisotopic (exact) mass is 406 g/mol. The van der Waals surface area contributed by atoms with Crippen LogP contribution in [0.2, 0.25) is 0 Å². The summed E-state index contributed by atoms with van der Waals surface area (Å²) in [5, 5.41) is 15.6. The van der Waals surface area contributed by atoms with Gasteiger partial charge in [-0.25, -0.2) is 9.97 Å². The van der Waals surface area contributed by atoms with Crippen LogP contribution in [0, 0.1) is 24.0 Å². The Labute approximate surface area is 175 Å². The highest BCUT2D eigenvalue weighted by Gasteiger charge is 2.31. The topological polar surface area (TPSA) is 90.0 Å². The lowest BCUT2D eigenvalue weighted by atomic mass is 10.0. The van der Waals surface area contributed by atoms with Crippen molar-refractivity contribution in [2.75, 3.05) is 11.4 Å². The molecule has 0 spiro atoms. The predicted octanol–water partition coefficient (Wildman–Crippen LogP) is 4.31. The first-order chi connectivity index (χ1) is 14.4. The summed E-state index contributed by atoms with van der Waals surface area (Å²) < 4.78 is 1.95. The normalized spacial score (nSPS) is 16.3. The van der Waals surface area contributed by atoms with E-state index in [1.54, 1.807) is 12.1 Å². The summed E-state index contributed by atoms with van der Waals surface area (Å²) in [6, 6.07) is 8.73. The Hall–Kier alpha value is -3.29. The van der Waals surface area contributed by atoms with E-state index in [-0.39, 0.29) is 11.7 Å². The molecule has 156 valence electrons. The minimum atomic E-state index is -0.397. The molecule has 2 aromatic heterocycles. The largest absolute Gasteiger partial charge is 0.349 e. The highest BCUT2D eigenvalue weighted by Crippen LogP contribution is 2.38. The van der Waals surface area contributed by atoms with Crippen LogP contribution >= 0.6 is 0 Å². The summed E-state index contributed by atoms with van der Waals surface area (Å²) >= 11 is 0. The summed E-state index contributed by atoms with van der Waals surface area (Å²) in [6.45, 7) is 7.19. The minimum absolute atomic E-state index is 0.0627. The van der Waals surface area contributed by atoms with E-state index in [1.807, 2.05) is 11.7 Å². The zero-order valence-corrected chi connectivity index (χ0v) is 17.8. The van der Waals surface area contributed by atoms with E-state index in [1.165, 1.54) is 23.4 Å². The zero-order chi connectivity index (χ0) is 21.4. The van der Waals surface area contributed by atoms with E-state index in [0.29, 0.717) is 5.82 Å². The molecule has 0 radical (unpaired) electrons. The SMILES string of the molecule is CCc1cc(N2CCCC2c2c(C)nn(C)c2C)nc(-c2ccc([N+](=O)[O-])cc2)n1. The van der Waals surface area contributed by atoms with Gasteiger partial charge in [-0.1, -0.05) is 6.92 Å². The molecule has 0 amide bonds. The standard InChI is InChI=1S/C22H26N6O2/c1-5-17-13-20(24-22(23-17)16-8-10-18(11-9-16)28(29)30)27-12-6-7-19(27)21-14(2)25-26(4)15(21)3/h8-11,13,19H,5-7,12H2,1-4H3. The minimum Gasteiger partial charge on any atom is -0.349 e. The van der Waals surface area contributed by atoms with Crippen LogP contribution in [0.5, 0.6) is 0 Å². The molecule has 0 saturated carbocycles. The number of nitrogens with zero attached hydrogens (tertiary/aromatic N) is 6. The number of hydrogen-bond acceptors (Lipinski definition) is 6. The highest BCUT2D eigenvalue weighted by atomic mass is 16.6. The van der Waals surface area contributed by atoms with Crippen molar-refractivity contribution in [2.45, 2.75) is 46.1 Å². The lowest BCUT2D eigenvalue weighted by molar-refractivity contribution is -0.384. The van der Waals surface area contributed by atoms with Gasteiger partial charge >= 0.3 is 0 Å². The number of hydrogen-bond donors (Lipinski definition) is 0. The molecule has 4 rings (SSSR count). The maximum absolute atomic E-state index is 11.0. The van der Waals surface area contributed by atoms with Crippen molar-refractivity contribution in [3.63, 3.8) is 0 Å². The van der Waals surface area contributed by atoms with Crippen LogP contribution < -0.4 is 4.90 Å². The molecular formula is C22H26N6O2. The molecule has 0 aliphatic carbocycles. The first-order valence-corrected chi connectivity index (χ1v) is 10.3. The molecule has 1 saturated heterocycles. The smallest absolute Gasteiger partial charge is 0.269 e. The first-order valence-electron chi connectivity index (χ1n) is 10.3. The summed E-state index contributed by atoms with van der Waals surface area (Å²) in [7, 11) is 1.98. The quantitative estimate of drug-likeness (QED) is 0.463. The van der Waals surface area contributed by atoms with Crippen molar-refractivity contribution in [3.05, 3.63) is 63.1 Å². The molecule has 0 bridgehead atoms. The molecule has 1 atom stereocenters. The van der Waals surface area contributed by atoms with Crippen LogP contribution in [0.4, 0.5) is 11.5 Å². The fourth-order valence-corrected chi connectivity index (χ4v) is 4.29. The van der Waals surface area contributed by atoms with E-state index in [9.17, 15) is 10.1 Å². The lowest BCUT2D eigenvalue weighted by Crippen LogP contribution is -2.25. The highest BCUT2D eigenvalue weighted by molar-refractivity contribution is 5.60. The number of nitro benzene ring substituents is 1. The van der Waals surface area contributed by atoms with Crippen LogP contribution in [-0.2, 0) is 13.5 Å². The molecule has 3 aromatic rings. The summed E-state index contributed by atoms with van der Waals surface area (Å²) in [6.07, 6.45) is 2.95. The van der Waals surface area contributed by atoms with E-state index in [2.05, 4.69) is 41.8 Å². The van der Waals surface area contributed by atoms with Gasteiger partial charge in [0.15, 0.2) is 5.82 Å². The zero-order valence-electron chi connectivity index (χ0n) is 17.8.